The molecule has 20 nitrogen and oxygen atoms in total. The Bertz CT molecular complexity index is 2880. The number of carbonyl (C=O) groups is 8. The third-order valence-corrected chi connectivity index (χ3v) is 13.0. The first-order chi connectivity index (χ1) is 35.4. The highest BCUT2D eigenvalue weighted by atomic mass is 32.2. The average molecular weight is 1060 g/mol. The van der Waals surface area contributed by atoms with Gasteiger partial charge in [0, 0.05) is 43.0 Å². The van der Waals surface area contributed by atoms with Crippen molar-refractivity contribution < 1.29 is 66.3 Å². The zero-order valence-electron chi connectivity index (χ0n) is 42.6. The molecular weight excluding hydrogens is 989 g/mol. The van der Waals surface area contributed by atoms with Crippen LogP contribution in [0, 0.1) is 0 Å². The molecule has 5 atom stereocenters. The number of amides is 6. The predicted molar refractivity (Wildman–Crippen MR) is 279 cm³/mol. The molecule has 8 N–H and O–H groups in total. The minimum atomic E-state index is -4.36. The lowest BCUT2D eigenvalue weighted by atomic mass is 9.97. The van der Waals surface area contributed by atoms with Crippen LogP contribution >= 0.6 is 0 Å². The highest BCUT2D eigenvalue weighted by Crippen LogP contribution is 2.24. The van der Waals surface area contributed by atoms with Crippen LogP contribution in [-0.4, -0.2) is 125 Å². The number of carboxylic acids is 2. The van der Waals surface area contributed by atoms with Crippen molar-refractivity contribution in [3.63, 3.8) is 0 Å². The van der Waals surface area contributed by atoms with Gasteiger partial charge in [-0.05, 0) is 110 Å². The van der Waals surface area contributed by atoms with Crippen molar-refractivity contribution in [2.45, 2.75) is 127 Å². The maximum atomic E-state index is 14.7. The molecule has 0 aliphatic carbocycles. The molecule has 0 unspecified atom stereocenters. The van der Waals surface area contributed by atoms with Crippen LogP contribution < -0.4 is 31.3 Å². The molecule has 75 heavy (non-hydrogen) atoms. The van der Waals surface area contributed by atoms with Gasteiger partial charge in [-0.1, -0.05) is 80.1 Å². The quantitative estimate of drug-likeness (QED) is 0.0339. The Hall–Kier alpha value is -7.65. The van der Waals surface area contributed by atoms with Crippen molar-refractivity contribution in [2.75, 3.05) is 13.7 Å². The van der Waals surface area contributed by atoms with Gasteiger partial charge < -0.3 is 46.4 Å². The van der Waals surface area contributed by atoms with Crippen LogP contribution in [0.5, 0.6) is 5.75 Å². The Labute approximate surface area is 435 Å². The van der Waals surface area contributed by atoms with Gasteiger partial charge in [0.05, 0.1) is 7.11 Å². The Morgan fingerprint density at radius 3 is 2.07 bits per heavy atom. The number of aliphatic carboxylic acids is 2. The van der Waals surface area contributed by atoms with E-state index in [1.165, 1.54) is 60.6 Å². The molecule has 1 aliphatic heterocycles. The van der Waals surface area contributed by atoms with E-state index in [0.717, 1.165) is 16.8 Å². The second kappa shape index (κ2) is 26.5. The largest absolute Gasteiger partial charge is 0.497 e. The molecule has 402 valence electrons. The number of hydrogen-bond donors (Lipinski definition) is 8. The fourth-order valence-corrected chi connectivity index (χ4v) is 9.36. The molecule has 0 spiro atoms. The van der Waals surface area contributed by atoms with Crippen molar-refractivity contribution in [1.29, 1.82) is 0 Å². The van der Waals surface area contributed by atoms with Gasteiger partial charge in [0.25, 0.3) is 16.0 Å². The third kappa shape index (κ3) is 18.1. The summed E-state index contributed by atoms with van der Waals surface area (Å²) in [6.45, 7) is 7.20. The normalized spacial score (nSPS) is 15.3. The Balaban J connectivity index is 1.42. The van der Waals surface area contributed by atoms with Crippen LogP contribution in [0.4, 0.5) is 0 Å². The summed E-state index contributed by atoms with van der Waals surface area (Å²) >= 11 is 0. The smallest absolute Gasteiger partial charge is 0.328 e. The topological polar surface area (TPSA) is 304 Å². The van der Waals surface area contributed by atoms with Gasteiger partial charge in [-0.2, -0.15) is 8.42 Å². The number of carbonyl (C=O) groups excluding carboxylic acids is 6. The van der Waals surface area contributed by atoms with E-state index in [-0.39, 0.29) is 68.4 Å². The maximum absolute atomic E-state index is 14.7. The van der Waals surface area contributed by atoms with Crippen molar-refractivity contribution in [3.05, 3.63) is 119 Å². The molecule has 6 amide bonds. The number of carboxylic acid groups (broad SMARTS) is 2. The maximum Gasteiger partial charge on any atom is 0.328 e. The number of ether oxygens (including phenoxy) is 1. The lowest BCUT2D eigenvalue weighted by molar-refractivity contribution is -0.142. The van der Waals surface area contributed by atoms with Gasteiger partial charge in [0.1, 0.15) is 41.7 Å². The van der Waals surface area contributed by atoms with E-state index in [1.54, 1.807) is 27.7 Å². The number of hydrogen-bond acceptors (Lipinski definition) is 11. The summed E-state index contributed by atoms with van der Waals surface area (Å²) in [5, 5.41) is 34.2. The van der Waals surface area contributed by atoms with Gasteiger partial charge in [-0.3, -0.25) is 38.1 Å². The number of rotatable bonds is 25. The monoisotopic (exact) mass is 1050 g/mol. The molecule has 0 aromatic heterocycles. The molecule has 21 heteroatoms. The van der Waals surface area contributed by atoms with Crippen LogP contribution in [0.2, 0.25) is 0 Å². The molecule has 4 aromatic carbocycles. The van der Waals surface area contributed by atoms with E-state index in [2.05, 4.69) is 26.6 Å². The number of nitrogens with zero attached hydrogens (tertiary/aromatic N) is 1. The van der Waals surface area contributed by atoms with Crippen LogP contribution in [0.1, 0.15) is 105 Å². The van der Waals surface area contributed by atoms with E-state index in [1.807, 2.05) is 42.5 Å². The minimum absolute atomic E-state index is 0.00196. The number of methoxy groups -OCH3 is 1. The van der Waals surface area contributed by atoms with Gasteiger partial charge in [-0.25, -0.2) is 4.79 Å². The first kappa shape index (κ1) is 58.2. The third-order valence-electron chi connectivity index (χ3n) is 12.3. The van der Waals surface area contributed by atoms with Crippen LogP contribution in [0.25, 0.3) is 16.8 Å². The zero-order chi connectivity index (χ0) is 55.0. The van der Waals surface area contributed by atoms with E-state index in [9.17, 15) is 61.5 Å². The SMILES string of the molecule is CCC[C@H](NC(=O)[C@H](Cc1ccc(CS(=O)(=O)O)cc1)NC(=O)c1cc(/C=C/C(=O)O)cc(OC)c1)C(=O)N1CCC[C@H]1C(=O)N[C@@H](Cc1cccc2ccccc12)C(=O)N[C@@H](CCCC(=O)O)C(=O)NC(C)(C)C. The summed E-state index contributed by atoms with van der Waals surface area (Å²) in [5.41, 5.74) is 1.03. The van der Waals surface area contributed by atoms with E-state index < -0.39 is 99.0 Å². The predicted octanol–water partition coefficient (Wildman–Crippen LogP) is 4.33. The fourth-order valence-electron chi connectivity index (χ4n) is 8.75. The van der Waals surface area contributed by atoms with Crippen molar-refractivity contribution in [3.8, 4) is 5.75 Å². The molecule has 0 saturated carbocycles. The summed E-state index contributed by atoms with van der Waals surface area (Å²) < 4.78 is 37.8. The lowest BCUT2D eigenvalue weighted by Gasteiger charge is -2.31. The van der Waals surface area contributed by atoms with Gasteiger partial charge in [0.2, 0.25) is 29.5 Å². The first-order valence-electron chi connectivity index (χ1n) is 24.6. The average Bonchev–Trinajstić information content (AvgIpc) is 3.84. The second-order valence-corrected chi connectivity index (χ2v) is 20.9. The number of likely N-dealkylation sites (tertiary alicyclic amines) is 1. The zero-order valence-corrected chi connectivity index (χ0v) is 43.4. The summed E-state index contributed by atoms with van der Waals surface area (Å²) in [6.07, 6.45) is 2.86. The molecule has 0 radical (unpaired) electrons. The van der Waals surface area contributed by atoms with Crippen molar-refractivity contribution in [2.24, 2.45) is 0 Å². The summed E-state index contributed by atoms with van der Waals surface area (Å²) in [6, 6.07) is 17.1. The Morgan fingerprint density at radius 1 is 0.773 bits per heavy atom. The molecule has 1 aliphatic rings. The van der Waals surface area contributed by atoms with Gasteiger partial charge >= 0.3 is 11.9 Å². The number of nitrogens with one attached hydrogen (secondary N) is 5. The molecule has 1 fully saturated rings. The molecule has 1 heterocycles. The Morgan fingerprint density at radius 2 is 1.43 bits per heavy atom. The summed E-state index contributed by atoms with van der Waals surface area (Å²) in [7, 11) is -3.01. The summed E-state index contributed by atoms with van der Waals surface area (Å²) in [5.74, 6) is -6.82. The van der Waals surface area contributed by atoms with E-state index in [0.29, 0.717) is 29.5 Å². The molecular formula is C54H66N6O14S. The van der Waals surface area contributed by atoms with Crippen molar-refractivity contribution >= 4 is 74.3 Å². The molecule has 4 aromatic rings. The van der Waals surface area contributed by atoms with Crippen LogP contribution in [0.3, 0.4) is 0 Å². The van der Waals surface area contributed by atoms with Crippen molar-refractivity contribution in [1.82, 2.24) is 31.5 Å². The second-order valence-electron chi connectivity index (χ2n) is 19.5. The fraction of sp³-hybridized carbons (Fsp3) is 0.407. The molecule has 0 bridgehead atoms. The standard InChI is InChI=1S/C54H66N6O14S/c1-6-12-42(56-49(66)43(29-33-20-22-34(23-21-33)32-75(71,72)73)57-48(65)38-27-35(24-25-47(63)64)28-39(30-38)74-5)53(70)60-26-11-18-45(60)52(69)58-44(31-37-15-9-14-36-13-7-8-16-40(36)37)50(67)55-41(17-10-19-46(61)62)51(68)59-54(2,3)4/h7-9,13-16,20-25,27-28,30,41-45H,6,10-12,17-19,26,29,31-32H2,1-5H3,(H,55,67)(H,56,66)(H,57,65)(H,58,69)(H,59,68)(H,61,62)(H,63,64)(H,71,72,73)/b25-24+/t41-,42-,43-,44-,45-/m0/s1. The Kier molecular flexibility index (Phi) is 20.6. The van der Waals surface area contributed by atoms with E-state index >= 15 is 0 Å². The minimum Gasteiger partial charge on any atom is -0.497 e. The first-order valence-corrected chi connectivity index (χ1v) is 26.2. The highest BCUT2D eigenvalue weighted by molar-refractivity contribution is 7.85. The van der Waals surface area contributed by atoms with Crippen LogP contribution in [-0.2, 0) is 62.3 Å². The van der Waals surface area contributed by atoms with Gasteiger partial charge in [0.15, 0.2) is 0 Å². The highest BCUT2D eigenvalue weighted by Gasteiger charge is 2.40. The van der Waals surface area contributed by atoms with E-state index in [4.69, 9.17) is 4.74 Å². The van der Waals surface area contributed by atoms with Crippen LogP contribution in [0.15, 0.2) is 91.0 Å². The molecule has 1 saturated heterocycles. The number of benzene rings is 4. The summed E-state index contributed by atoms with van der Waals surface area (Å²) in [4.78, 5) is 110. The van der Waals surface area contributed by atoms with Gasteiger partial charge in [-0.15, -0.1) is 0 Å². The molecule has 5 rings (SSSR count). The lowest BCUT2D eigenvalue weighted by Crippen LogP contribution is -2.59. The number of fused-ring (bicyclic) bond motifs is 1.